The van der Waals surface area contributed by atoms with Crippen LogP contribution in [0.1, 0.15) is 10.4 Å². The summed E-state index contributed by atoms with van der Waals surface area (Å²) in [5, 5.41) is 13.0. The first-order valence-corrected chi connectivity index (χ1v) is 6.25. The fourth-order valence-corrected chi connectivity index (χ4v) is 2.04. The Morgan fingerprint density at radius 1 is 1.19 bits per heavy atom. The molecule has 3 rings (SSSR count). The van der Waals surface area contributed by atoms with Gasteiger partial charge in [-0.3, -0.25) is 4.98 Å². The van der Waals surface area contributed by atoms with Gasteiger partial charge in [-0.2, -0.15) is 0 Å². The average molecular weight is 280 g/mol. The van der Waals surface area contributed by atoms with E-state index in [1.54, 1.807) is 6.20 Å². The van der Waals surface area contributed by atoms with Crippen molar-refractivity contribution in [3.8, 4) is 0 Å². The molecular formula is C15H12N4O2. The van der Waals surface area contributed by atoms with Crippen LogP contribution in [0.25, 0.3) is 10.9 Å². The van der Waals surface area contributed by atoms with Crippen molar-refractivity contribution < 1.29 is 9.90 Å². The minimum absolute atomic E-state index is 0.0534. The van der Waals surface area contributed by atoms with Crippen molar-refractivity contribution in [1.82, 2.24) is 9.97 Å². The molecule has 6 heteroatoms. The number of nitrogens with zero attached hydrogens (tertiary/aromatic N) is 2. The zero-order valence-corrected chi connectivity index (χ0v) is 10.9. The van der Waals surface area contributed by atoms with Gasteiger partial charge in [0.15, 0.2) is 5.82 Å². The number of rotatable bonds is 3. The third kappa shape index (κ3) is 2.46. The lowest BCUT2D eigenvalue weighted by Crippen LogP contribution is -2.04. The van der Waals surface area contributed by atoms with E-state index in [1.807, 2.05) is 30.3 Å². The maximum absolute atomic E-state index is 10.9. The summed E-state index contributed by atoms with van der Waals surface area (Å²) >= 11 is 0. The van der Waals surface area contributed by atoms with E-state index in [-0.39, 0.29) is 11.3 Å². The van der Waals surface area contributed by atoms with Crippen LogP contribution in [0.5, 0.6) is 0 Å². The molecule has 0 bridgehead atoms. The van der Waals surface area contributed by atoms with E-state index >= 15 is 0 Å². The Bertz CT molecular complexity index is 828. The molecule has 0 aliphatic carbocycles. The highest BCUT2D eigenvalue weighted by Gasteiger charge is 2.09. The number of hydrogen-bond donors (Lipinski definition) is 3. The molecule has 6 nitrogen and oxygen atoms in total. The normalized spacial score (nSPS) is 10.5. The molecule has 0 radical (unpaired) electrons. The van der Waals surface area contributed by atoms with Crippen molar-refractivity contribution >= 4 is 34.1 Å². The Morgan fingerprint density at radius 3 is 2.81 bits per heavy atom. The Balaban J connectivity index is 2.01. The van der Waals surface area contributed by atoms with E-state index in [4.69, 9.17) is 10.8 Å². The van der Waals surface area contributed by atoms with E-state index < -0.39 is 5.97 Å². The number of aromatic carboxylic acids is 1. The first kappa shape index (κ1) is 12.9. The van der Waals surface area contributed by atoms with Gasteiger partial charge in [0, 0.05) is 23.5 Å². The molecule has 104 valence electrons. The summed E-state index contributed by atoms with van der Waals surface area (Å²) < 4.78 is 0. The monoisotopic (exact) mass is 280 g/mol. The summed E-state index contributed by atoms with van der Waals surface area (Å²) in [6, 6.07) is 10.8. The van der Waals surface area contributed by atoms with Gasteiger partial charge in [0.1, 0.15) is 0 Å². The molecule has 0 aliphatic rings. The number of carboxylic acid groups (broad SMARTS) is 1. The highest BCUT2D eigenvalue weighted by Crippen LogP contribution is 2.27. The van der Waals surface area contributed by atoms with Crippen LogP contribution in [0.4, 0.5) is 17.2 Å². The maximum atomic E-state index is 10.9. The largest absolute Gasteiger partial charge is 0.478 e. The van der Waals surface area contributed by atoms with Gasteiger partial charge in [0.2, 0.25) is 0 Å². The molecule has 2 heterocycles. The second kappa shape index (κ2) is 5.09. The number of benzene rings is 1. The number of anilines is 3. The minimum Gasteiger partial charge on any atom is -0.478 e. The number of carbonyl (C=O) groups is 1. The summed E-state index contributed by atoms with van der Waals surface area (Å²) in [5.74, 6) is -0.647. The Kier molecular flexibility index (Phi) is 3.12. The summed E-state index contributed by atoms with van der Waals surface area (Å²) in [4.78, 5) is 19.2. The summed E-state index contributed by atoms with van der Waals surface area (Å²) in [6.45, 7) is 0. The van der Waals surface area contributed by atoms with E-state index in [0.29, 0.717) is 5.82 Å². The van der Waals surface area contributed by atoms with Crippen LogP contribution in [-0.4, -0.2) is 21.0 Å². The van der Waals surface area contributed by atoms with Crippen LogP contribution in [0.2, 0.25) is 0 Å². The second-order valence-electron chi connectivity index (χ2n) is 4.47. The fourth-order valence-electron chi connectivity index (χ4n) is 2.04. The van der Waals surface area contributed by atoms with Gasteiger partial charge in [0.05, 0.1) is 16.8 Å². The molecule has 0 saturated heterocycles. The number of nitrogen functional groups attached to an aromatic ring is 1. The molecule has 0 atom stereocenters. The first-order chi connectivity index (χ1) is 10.1. The number of aromatic nitrogens is 2. The second-order valence-corrected chi connectivity index (χ2v) is 4.47. The lowest BCUT2D eigenvalue weighted by molar-refractivity contribution is 0.0696. The lowest BCUT2D eigenvalue weighted by Gasteiger charge is -2.11. The molecule has 0 saturated carbocycles. The van der Waals surface area contributed by atoms with Gasteiger partial charge in [-0.05, 0) is 30.3 Å². The van der Waals surface area contributed by atoms with Crippen molar-refractivity contribution in [3.05, 3.63) is 54.4 Å². The van der Waals surface area contributed by atoms with E-state index in [1.165, 1.54) is 12.3 Å². The number of hydrogen-bond acceptors (Lipinski definition) is 5. The van der Waals surface area contributed by atoms with Crippen molar-refractivity contribution in [3.63, 3.8) is 0 Å². The van der Waals surface area contributed by atoms with E-state index in [2.05, 4.69) is 15.3 Å². The molecule has 21 heavy (non-hydrogen) atoms. The van der Waals surface area contributed by atoms with Crippen LogP contribution in [0, 0.1) is 0 Å². The number of nitrogens with one attached hydrogen (secondary N) is 1. The maximum Gasteiger partial charge on any atom is 0.337 e. The average Bonchev–Trinajstić information content (AvgIpc) is 2.49. The topological polar surface area (TPSA) is 101 Å². The van der Waals surface area contributed by atoms with E-state index in [9.17, 15) is 4.79 Å². The van der Waals surface area contributed by atoms with Crippen LogP contribution in [0.3, 0.4) is 0 Å². The minimum atomic E-state index is -1.06. The SMILES string of the molecule is Nc1cc(C(=O)O)cnc1Nc1cccc2ncccc12. The van der Waals surface area contributed by atoms with Crippen LogP contribution >= 0.6 is 0 Å². The zero-order chi connectivity index (χ0) is 14.8. The number of nitrogens with two attached hydrogens (primary N) is 1. The third-order valence-corrected chi connectivity index (χ3v) is 3.06. The molecule has 0 aliphatic heterocycles. The van der Waals surface area contributed by atoms with Gasteiger partial charge in [-0.15, -0.1) is 0 Å². The van der Waals surface area contributed by atoms with Gasteiger partial charge in [-0.25, -0.2) is 9.78 Å². The summed E-state index contributed by atoms with van der Waals surface area (Å²) in [7, 11) is 0. The van der Waals surface area contributed by atoms with Gasteiger partial charge < -0.3 is 16.2 Å². The quantitative estimate of drug-likeness (QED) is 0.681. The summed E-state index contributed by atoms with van der Waals surface area (Å²) in [6.07, 6.45) is 2.99. The zero-order valence-electron chi connectivity index (χ0n) is 10.9. The Labute approximate surface area is 120 Å². The van der Waals surface area contributed by atoms with Crippen molar-refractivity contribution in [2.45, 2.75) is 0 Å². The first-order valence-electron chi connectivity index (χ1n) is 6.25. The smallest absolute Gasteiger partial charge is 0.337 e. The molecule has 1 aromatic carbocycles. The predicted molar refractivity (Wildman–Crippen MR) is 80.6 cm³/mol. The molecule has 0 fully saturated rings. The fraction of sp³-hybridized carbons (Fsp3) is 0. The predicted octanol–water partition coefficient (Wildman–Crippen LogP) is 2.65. The number of pyridine rings is 2. The molecule has 0 spiro atoms. The van der Waals surface area contributed by atoms with Crippen molar-refractivity contribution in [2.75, 3.05) is 11.1 Å². The van der Waals surface area contributed by atoms with Gasteiger partial charge in [-0.1, -0.05) is 6.07 Å². The van der Waals surface area contributed by atoms with Crippen LogP contribution < -0.4 is 11.1 Å². The van der Waals surface area contributed by atoms with E-state index in [0.717, 1.165) is 16.6 Å². The number of carboxylic acids is 1. The number of fused-ring (bicyclic) bond motifs is 1. The third-order valence-electron chi connectivity index (χ3n) is 3.06. The molecular weight excluding hydrogens is 268 g/mol. The highest BCUT2D eigenvalue weighted by atomic mass is 16.4. The standard InChI is InChI=1S/C15H12N4O2/c16-11-7-9(15(20)21)8-18-14(11)19-13-5-1-4-12-10(13)3-2-6-17-12/h1-8H,16H2,(H,18,19)(H,20,21). The Morgan fingerprint density at radius 2 is 2.05 bits per heavy atom. The molecule has 4 N–H and O–H groups in total. The highest BCUT2D eigenvalue weighted by molar-refractivity contribution is 5.94. The Hall–Kier alpha value is -3.15. The molecule has 0 amide bonds. The molecule has 3 aromatic rings. The van der Waals surface area contributed by atoms with Crippen LogP contribution in [-0.2, 0) is 0 Å². The van der Waals surface area contributed by atoms with Crippen LogP contribution in [0.15, 0.2) is 48.8 Å². The van der Waals surface area contributed by atoms with Crippen molar-refractivity contribution in [1.29, 1.82) is 0 Å². The molecule has 2 aromatic heterocycles. The van der Waals surface area contributed by atoms with Crippen molar-refractivity contribution in [2.24, 2.45) is 0 Å². The van der Waals surface area contributed by atoms with Gasteiger partial charge in [0.25, 0.3) is 0 Å². The molecule has 0 unspecified atom stereocenters. The summed E-state index contributed by atoms with van der Waals surface area (Å²) in [5.41, 5.74) is 7.83. The lowest BCUT2D eigenvalue weighted by atomic mass is 10.2. The van der Waals surface area contributed by atoms with Gasteiger partial charge >= 0.3 is 5.97 Å².